The highest BCUT2D eigenvalue weighted by molar-refractivity contribution is 7.19. The zero-order valence-corrected chi connectivity index (χ0v) is 14.1. The Balaban J connectivity index is 2.12. The van der Waals surface area contributed by atoms with Crippen molar-refractivity contribution in [3.05, 3.63) is 35.5 Å². The molecule has 0 radical (unpaired) electrons. The summed E-state index contributed by atoms with van der Waals surface area (Å²) in [4.78, 5) is 10.9. The minimum atomic E-state index is -0.441. The molecule has 6 heteroatoms. The van der Waals surface area contributed by atoms with E-state index >= 15 is 0 Å². The molecule has 2 heterocycles. The van der Waals surface area contributed by atoms with E-state index < -0.39 is 6.10 Å². The summed E-state index contributed by atoms with van der Waals surface area (Å²) in [6.07, 6.45) is 1.12. The normalized spacial score (nSPS) is 12.3. The molecule has 0 amide bonds. The van der Waals surface area contributed by atoms with Crippen LogP contribution in [0.5, 0.6) is 5.75 Å². The van der Waals surface area contributed by atoms with Crippen LogP contribution < -0.4 is 10.1 Å². The first-order valence-electron chi connectivity index (χ1n) is 7.40. The first-order valence-corrected chi connectivity index (χ1v) is 8.22. The Kier molecular flexibility index (Phi) is 4.45. The fourth-order valence-electron chi connectivity index (χ4n) is 2.53. The monoisotopic (exact) mass is 329 g/mol. The molecule has 0 aliphatic heterocycles. The second-order valence-corrected chi connectivity index (χ2v) is 6.60. The molecule has 0 saturated carbocycles. The number of hydrogen-bond acceptors (Lipinski definition) is 6. The lowest BCUT2D eigenvalue weighted by atomic mass is 10.0. The van der Waals surface area contributed by atoms with E-state index in [-0.39, 0.29) is 0 Å². The molecule has 0 bridgehead atoms. The van der Waals surface area contributed by atoms with Crippen LogP contribution in [0.2, 0.25) is 0 Å². The number of aliphatic hydroxyl groups is 1. The van der Waals surface area contributed by atoms with Gasteiger partial charge < -0.3 is 15.2 Å². The van der Waals surface area contributed by atoms with E-state index in [0.717, 1.165) is 32.9 Å². The summed E-state index contributed by atoms with van der Waals surface area (Å²) in [7, 11) is 1.66. The molecule has 5 nitrogen and oxygen atoms in total. The van der Waals surface area contributed by atoms with Crippen molar-refractivity contribution in [3.63, 3.8) is 0 Å². The van der Waals surface area contributed by atoms with Crippen molar-refractivity contribution in [1.82, 2.24) is 9.97 Å². The Morgan fingerprint density at radius 3 is 2.65 bits per heavy atom. The van der Waals surface area contributed by atoms with E-state index in [0.29, 0.717) is 6.54 Å². The van der Waals surface area contributed by atoms with Gasteiger partial charge in [-0.3, -0.25) is 0 Å². The van der Waals surface area contributed by atoms with Gasteiger partial charge in [-0.05, 0) is 31.5 Å². The summed E-state index contributed by atoms with van der Waals surface area (Å²) >= 11 is 1.65. The third-order valence-corrected chi connectivity index (χ3v) is 4.62. The quantitative estimate of drug-likeness (QED) is 0.750. The van der Waals surface area contributed by atoms with E-state index in [1.165, 1.54) is 4.88 Å². The lowest BCUT2D eigenvalue weighted by molar-refractivity contribution is 0.208. The van der Waals surface area contributed by atoms with Crippen molar-refractivity contribution in [1.29, 1.82) is 0 Å². The summed E-state index contributed by atoms with van der Waals surface area (Å²) in [6.45, 7) is 4.28. The lowest BCUT2D eigenvalue weighted by Gasteiger charge is -2.10. The molecule has 1 aromatic carbocycles. The number of benzene rings is 1. The third kappa shape index (κ3) is 3.13. The van der Waals surface area contributed by atoms with Crippen LogP contribution in [0.25, 0.3) is 21.3 Å². The van der Waals surface area contributed by atoms with E-state index in [9.17, 15) is 5.11 Å². The Hall–Kier alpha value is -2.18. The number of aliphatic hydroxyl groups excluding tert-OH is 1. The number of fused-ring (bicyclic) bond motifs is 1. The molecule has 1 atom stereocenters. The number of ether oxygens (including phenoxy) is 1. The highest BCUT2D eigenvalue weighted by Crippen LogP contribution is 2.40. The molecule has 3 aromatic rings. The van der Waals surface area contributed by atoms with E-state index in [4.69, 9.17) is 4.74 Å². The van der Waals surface area contributed by atoms with Gasteiger partial charge in [0.1, 0.15) is 22.7 Å². The van der Waals surface area contributed by atoms with Crippen LogP contribution in [0.1, 0.15) is 11.8 Å². The van der Waals surface area contributed by atoms with Gasteiger partial charge in [-0.15, -0.1) is 11.3 Å². The first-order chi connectivity index (χ1) is 11.1. The van der Waals surface area contributed by atoms with Crippen LogP contribution in [0.15, 0.2) is 30.6 Å². The molecule has 2 aromatic heterocycles. The molecule has 0 aliphatic rings. The van der Waals surface area contributed by atoms with Gasteiger partial charge in [0.15, 0.2) is 0 Å². The van der Waals surface area contributed by atoms with Gasteiger partial charge in [0, 0.05) is 17.0 Å². The van der Waals surface area contributed by atoms with Gasteiger partial charge in [0.05, 0.1) is 18.6 Å². The van der Waals surface area contributed by atoms with Gasteiger partial charge in [-0.1, -0.05) is 12.1 Å². The average molecular weight is 329 g/mol. The number of methoxy groups -OCH3 is 1. The summed E-state index contributed by atoms with van der Waals surface area (Å²) < 4.78 is 5.23. The van der Waals surface area contributed by atoms with Crippen LogP contribution >= 0.6 is 11.3 Å². The van der Waals surface area contributed by atoms with Crippen molar-refractivity contribution >= 4 is 27.4 Å². The lowest BCUT2D eigenvalue weighted by Crippen LogP contribution is -2.16. The second-order valence-electron chi connectivity index (χ2n) is 5.39. The fourth-order valence-corrected chi connectivity index (χ4v) is 3.54. The SMILES string of the molecule is COc1ccc(-c2c(C)sc3ncnc(NCC(C)O)c23)cc1. The maximum Gasteiger partial charge on any atom is 0.138 e. The number of aromatic nitrogens is 2. The molecule has 0 spiro atoms. The fraction of sp³-hybridized carbons (Fsp3) is 0.294. The number of hydrogen-bond donors (Lipinski definition) is 2. The maximum absolute atomic E-state index is 9.52. The Morgan fingerprint density at radius 1 is 1.26 bits per heavy atom. The molecule has 23 heavy (non-hydrogen) atoms. The van der Waals surface area contributed by atoms with Crippen LogP contribution in [0.3, 0.4) is 0 Å². The molecular weight excluding hydrogens is 310 g/mol. The number of nitrogens with zero attached hydrogens (tertiary/aromatic N) is 2. The Bertz CT molecular complexity index is 813. The zero-order valence-electron chi connectivity index (χ0n) is 13.3. The van der Waals surface area contributed by atoms with Crippen molar-refractivity contribution < 1.29 is 9.84 Å². The molecule has 0 aliphatic carbocycles. The average Bonchev–Trinajstić information content (AvgIpc) is 2.89. The van der Waals surface area contributed by atoms with E-state index in [1.54, 1.807) is 31.7 Å². The van der Waals surface area contributed by atoms with Crippen LogP contribution in [-0.4, -0.2) is 34.8 Å². The molecule has 0 fully saturated rings. The van der Waals surface area contributed by atoms with E-state index in [2.05, 4.69) is 22.2 Å². The van der Waals surface area contributed by atoms with Crippen molar-refractivity contribution in [2.45, 2.75) is 20.0 Å². The van der Waals surface area contributed by atoms with Crippen molar-refractivity contribution in [3.8, 4) is 16.9 Å². The van der Waals surface area contributed by atoms with Crippen LogP contribution in [0, 0.1) is 6.92 Å². The number of thiophene rings is 1. The summed E-state index contributed by atoms with van der Waals surface area (Å²) in [5.74, 6) is 1.58. The predicted molar refractivity (Wildman–Crippen MR) is 94.3 cm³/mol. The van der Waals surface area contributed by atoms with E-state index in [1.807, 2.05) is 24.3 Å². The number of rotatable bonds is 5. The van der Waals surface area contributed by atoms with Crippen LogP contribution in [-0.2, 0) is 0 Å². The van der Waals surface area contributed by atoms with Gasteiger partial charge in [0.2, 0.25) is 0 Å². The minimum Gasteiger partial charge on any atom is -0.497 e. The van der Waals surface area contributed by atoms with Gasteiger partial charge in [0.25, 0.3) is 0 Å². The van der Waals surface area contributed by atoms with Crippen molar-refractivity contribution in [2.24, 2.45) is 0 Å². The van der Waals surface area contributed by atoms with Gasteiger partial charge >= 0.3 is 0 Å². The topological polar surface area (TPSA) is 67.3 Å². The minimum absolute atomic E-state index is 0.441. The molecule has 1 unspecified atom stereocenters. The van der Waals surface area contributed by atoms with Gasteiger partial charge in [-0.25, -0.2) is 9.97 Å². The first kappa shape index (κ1) is 15.7. The van der Waals surface area contributed by atoms with Crippen molar-refractivity contribution in [2.75, 3.05) is 19.0 Å². The Morgan fingerprint density at radius 2 is 2.00 bits per heavy atom. The number of anilines is 1. The highest BCUT2D eigenvalue weighted by atomic mass is 32.1. The largest absolute Gasteiger partial charge is 0.497 e. The number of nitrogens with one attached hydrogen (secondary N) is 1. The number of aryl methyl sites for hydroxylation is 1. The maximum atomic E-state index is 9.52. The van der Waals surface area contributed by atoms with Crippen LogP contribution in [0.4, 0.5) is 5.82 Å². The highest BCUT2D eigenvalue weighted by Gasteiger charge is 2.16. The summed E-state index contributed by atoms with van der Waals surface area (Å²) in [6, 6.07) is 7.98. The molecule has 3 rings (SSSR count). The zero-order chi connectivity index (χ0) is 16.4. The molecule has 120 valence electrons. The standard InChI is InChI=1S/C17H19N3O2S/c1-10(21)8-18-16-15-14(11(2)23-17(15)20-9-19-16)12-4-6-13(22-3)7-5-12/h4-7,9-10,21H,8H2,1-3H3,(H,18,19,20). The predicted octanol–water partition coefficient (Wildman–Crippen LogP) is 3.47. The Labute approximate surface area is 139 Å². The summed E-state index contributed by atoms with van der Waals surface area (Å²) in [5.41, 5.74) is 2.23. The molecule has 2 N–H and O–H groups in total. The smallest absolute Gasteiger partial charge is 0.138 e. The van der Waals surface area contributed by atoms with Gasteiger partial charge in [-0.2, -0.15) is 0 Å². The summed E-state index contributed by atoms with van der Waals surface area (Å²) in [5, 5.41) is 13.7. The molecule has 0 saturated heterocycles. The molecular formula is C17H19N3O2S. The third-order valence-electron chi connectivity index (χ3n) is 3.61. The second kappa shape index (κ2) is 6.52.